The molecular formula is C13H10ClN3O2S. The summed E-state index contributed by atoms with van der Waals surface area (Å²) in [4.78, 5) is 11.7. The van der Waals surface area contributed by atoms with E-state index >= 15 is 0 Å². The molecule has 0 aliphatic rings. The minimum Gasteiger partial charge on any atom is -0.384 e. The predicted octanol–water partition coefficient (Wildman–Crippen LogP) is 3.68. The van der Waals surface area contributed by atoms with Gasteiger partial charge in [-0.15, -0.1) is 0 Å². The third-order valence-corrected chi connectivity index (χ3v) is 3.81. The fourth-order valence-electron chi connectivity index (χ4n) is 1.57. The smallest absolute Gasteiger partial charge is 0.269 e. The molecule has 0 heterocycles. The Morgan fingerprint density at radius 2 is 1.90 bits per heavy atom. The lowest BCUT2D eigenvalue weighted by molar-refractivity contribution is -0.384. The summed E-state index contributed by atoms with van der Waals surface area (Å²) in [6, 6.07) is 11.2. The minimum absolute atomic E-state index is 0.0345. The predicted molar refractivity (Wildman–Crippen MR) is 79.7 cm³/mol. The first-order valence-corrected chi connectivity index (χ1v) is 6.73. The number of hydrogen-bond donors (Lipinski definition) is 2. The molecule has 2 aromatic rings. The summed E-state index contributed by atoms with van der Waals surface area (Å²) in [5.74, 6) is -0.0499. The van der Waals surface area contributed by atoms with Gasteiger partial charge in [-0.2, -0.15) is 0 Å². The van der Waals surface area contributed by atoms with Crippen molar-refractivity contribution >= 4 is 34.9 Å². The van der Waals surface area contributed by atoms with Crippen LogP contribution in [0, 0.1) is 15.5 Å². The molecule has 0 atom stereocenters. The summed E-state index contributed by atoms with van der Waals surface area (Å²) < 4.78 is 0. The second kappa shape index (κ2) is 5.94. The van der Waals surface area contributed by atoms with Crippen molar-refractivity contribution in [3.05, 3.63) is 63.2 Å². The molecule has 0 unspecified atom stereocenters. The number of nitrogens with two attached hydrogens (primary N) is 1. The van der Waals surface area contributed by atoms with Crippen LogP contribution in [-0.4, -0.2) is 10.8 Å². The van der Waals surface area contributed by atoms with Crippen molar-refractivity contribution in [2.75, 3.05) is 0 Å². The van der Waals surface area contributed by atoms with Gasteiger partial charge in [-0.25, -0.2) is 0 Å². The maximum absolute atomic E-state index is 10.6. The maximum atomic E-state index is 10.6. The number of rotatable bonds is 4. The molecule has 102 valence electrons. The van der Waals surface area contributed by atoms with E-state index in [9.17, 15) is 10.1 Å². The van der Waals surface area contributed by atoms with Crippen molar-refractivity contribution in [2.24, 2.45) is 5.73 Å². The third kappa shape index (κ3) is 3.28. The van der Waals surface area contributed by atoms with Gasteiger partial charge in [0.25, 0.3) is 5.69 Å². The number of hydrogen-bond acceptors (Lipinski definition) is 4. The van der Waals surface area contributed by atoms with E-state index in [1.54, 1.807) is 30.3 Å². The highest BCUT2D eigenvalue weighted by atomic mass is 35.5. The number of nitro benzene ring substituents is 1. The number of benzene rings is 2. The number of non-ortho nitro benzene ring substituents is 1. The quantitative estimate of drug-likeness (QED) is 0.390. The van der Waals surface area contributed by atoms with Gasteiger partial charge in [-0.05, 0) is 30.3 Å². The van der Waals surface area contributed by atoms with E-state index in [1.807, 2.05) is 0 Å². The van der Waals surface area contributed by atoms with Crippen molar-refractivity contribution in [1.29, 1.82) is 5.41 Å². The molecule has 0 spiro atoms. The lowest BCUT2D eigenvalue weighted by Gasteiger charge is -2.08. The SMILES string of the molecule is N=C(N)c1ccc(Cl)cc1Sc1ccc([N+](=O)[O-])cc1. The van der Waals surface area contributed by atoms with Gasteiger partial charge in [0.05, 0.1) is 4.92 Å². The molecule has 0 aliphatic carbocycles. The number of amidine groups is 1. The van der Waals surface area contributed by atoms with Crippen LogP contribution in [0.5, 0.6) is 0 Å². The molecule has 20 heavy (non-hydrogen) atoms. The van der Waals surface area contributed by atoms with E-state index in [1.165, 1.54) is 23.9 Å². The number of nitrogens with one attached hydrogen (secondary N) is 1. The monoisotopic (exact) mass is 307 g/mol. The van der Waals surface area contributed by atoms with Crippen LogP contribution in [0.3, 0.4) is 0 Å². The standard InChI is InChI=1S/C13H10ClN3O2S/c14-8-1-6-11(13(15)16)12(7-8)20-10-4-2-9(3-5-10)17(18)19/h1-7H,(H3,15,16). The van der Waals surface area contributed by atoms with Crippen LogP contribution in [0.25, 0.3) is 0 Å². The highest BCUT2D eigenvalue weighted by molar-refractivity contribution is 7.99. The highest BCUT2D eigenvalue weighted by Crippen LogP contribution is 2.33. The second-order valence-electron chi connectivity index (χ2n) is 3.91. The molecule has 3 N–H and O–H groups in total. The number of nitrogen functional groups attached to an aromatic ring is 1. The zero-order valence-corrected chi connectivity index (χ0v) is 11.7. The largest absolute Gasteiger partial charge is 0.384 e. The van der Waals surface area contributed by atoms with Gasteiger partial charge in [-0.1, -0.05) is 23.4 Å². The van der Waals surface area contributed by atoms with E-state index in [4.69, 9.17) is 22.7 Å². The summed E-state index contributed by atoms with van der Waals surface area (Å²) in [5.41, 5.74) is 6.14. The molecule has 0 radical (unpaired) electrons. The van der Waals surface area contributed by atoms with Crippen LogP contribution in [-0.2, 0) is 0 Å². The van der Waals surface area contributed by atoms with Gasteiger partial charge in [0, 0.05) is 32.5 Å². The normalized spacial score (nSPS) is 10.2. The Kier molecular flexibility index (Phi) is 4.26. The van der Waals surface area contributed by atoms with E-state index in [2.05, 4.69) is 0 Å². The summed E-state index contributed by atoms with van der Waals surface area (Å²) >= 11 is 7.29. The first-order valence-electron chi connectivity index (χ1n) is 5.53. The van der Waals surface area contributed by atoms with Gasteiger partial charge in [0.1, 0.15) is 5.84 Å². The number of nitro groups is 1. The molecule has 7 heteroatoms. The molecule has 0 saturated carbocycles. The van der Waals surface area contributed by atoms with E-state index in [0.717, 1.165) is 9.79 Å². The molecule has 0 aromatic heterocycles. The van der Waals surface area contributed by atoms with Crippen LogP contribution in [0.4, 0.5) is 5.69 Å². The van der Waals surface area contributed by atoms with Gasteiger partial charge in [0.15, 0.2) is 0 Å². The van der Waals surface area contributed by atoms with Crippen LogP contribution in [0.1, 0.15) is 5.56 Å². The average Bonchev–Trinajstić information content (AvgIpc) is 2.39. The summed E-state index contributed by atoms with van der Waals surface area (Å²) in [6.07, 6.45) is 0. The molecule has 0 fully saturated rings. The topological polar surface area (TPSA) is 93.0 Å². The molecule has 0 aliphatic heterocycles. The van der Waals surface area contributed by atoms with E-state index in [0.29, 0.717) is 10.6 Å². The van der Waals surface area contributed by atoms with Crippen molar-refractivity contribution in [3.63, 3.8) is 0 Å². The van der Waals surface area contributed by atoms with Crippen LogP contribution < -0.4 is 5.73 Å². The number of halogens is 1. The molecule has 0 saturated heterocycles. The minimum atomic E-state index is -0.450. The van der Waals surface area contributed by atoms with Gasteiger partial charge in [-0.3, -0.25) is 15.5 Å². The van der Waals surface area contributed by atoms with Crippen LogP contribution in [0.2, 0.25) is 5.02 Å². The fraction of sp³-hybridized carbons (Fsp3) is 0. The van der Waals surface area contributed by atoms with Gasteiger partial charge < -0.3 is 5.73 Å². The Morgan fingerprint density at radius 1 is 1.25 bits per heavy atom. The Hall–Kier alpha value is -2.05. The van der Waals surface area contributed by atoms with Crippen LogP contribution in [0.15, 0.2) is 52.3 Å². The lowest BCUT2D eigenvalue weighted by atomic mass is 10.2. The highest BCUT2D eigenvalue weighted by Gasteiger charge is 2.10. The second-order valence-corrected chi connectivity index (χ2v) is 5.46. The van der Waals surface area contributed by atoms with Crippen molar-refractivity contribution in [1.82, 2.24) is 0 Å². The Labute approximate surface area is 124 Å². The maximum Gasteiger partial charge on any atom is 0.269 e. The van der Waals surface area contributed by atoms with Gasteiger partial charge >= 0.3 is 0 Å². The molecule has 5 nitrogen and oxygen atoms in total. The van der Waals surface area contributed by atoms with E-state index < -0.39 is 4.92 Å². The van der Waals surface area contributed by atoms with Crippen molar-refractivity contribution < 1.29 is 4.92 Å². The first kappa shape index (κ1) is 14.4. The van der Waals surface area contributed by atoms with Gasteiger partial charge in [0.2, 0.25) is 0 Å². The first-order chi connectivity index (χ1) is 9.47. The Bertz CT molecular complexity index is 674. The summed E-state index contributed by atoms with van der Waals surface area (Å²) in [7, 11) is 0. The summed E-state index contributed by atoms with van der Waals surface area (Å²) in [5, 5.41) is 18.7. The summed E-state index contributed by atoms with van der Waals surface area (Å²) in [6.45, 7) is 0. The fourth-order valence-corrected chi connectivity index (χ4v) is 2.80. The average molecular weight is 308 g/mol. The van der Waals surface area contributed by atoms with Crippen molar-refractivity contribution in [3.8, 4) is 0 Å². The Morgan fingerprint density at radius 3 is 2.45 bits per heavy atom. The van der Waals surface area contributed by atoms with E-state index in [-0.39, 0.29) is 11.5 Å². The lowest BCUT2D eigenvalue weighted by Crippen LogP contribution is -2.12. The zero-order chi connectivity index (χ0) is 14.7. The molecule has 2 rings (SSSR count). The zero-order valence-electron chi connectivity index (χ0n) is 10.2. The molecule has 0 amide bonds. The molecular weight excluding hydrogens is 298 g/mol. The van der Waals surface area contributed by atoms with Crippen LogP contribution >= 0.6 is 23.4 Å². The molecule has 2 aromatic carbocycles. The number of nitrogens with zero attached hydrogens (tertiary/aromatic N) is 1. The van der Waals surface area contributed by atoms with Crippen molar-refractivity contribution in [2.45, 2.75) is 9.79 Å². The Balaban J connectivity index is 2.31. The third-order valence-electron chi connectivity index (χ3n) is 2.51. The molecule has 0 bridgehead atoms.